The molecule has 0 bridgehead atoms. The molecular formula is C30H25Cl2N2OP. The van der Waals surface area contributed by atoms with Gasteiger partial charge < -0.3 is 9.65 Å². The largest absolute Gasteiger partial charge is 0.341 e. The summed E-state index contributed by atoms with van der Waals surface area (Å²) in [6.07, 6.45) is 0. The Morgan fingerprint density at radius 3 is 1.86 bits per heavy atom. The topological polar surface area (TPSA) is 34.0 Å². The maximum absolute atomic E-state index is 14.4. The smallest absolute Gasteiger partial charge is 0.216 e. The Hall–Kier alpha value is -3.23. The number of hydrogen-bond donors (Lipinski definition) is 1. The number of aromatic nitrogens is 1. The van der Waals surface area contributed by atoms with Gasteiger partial charge >= 0.3 is 0 Å². The van der Waals surface area contributed by atoms with Gasteiger partial charge in [-0.15, -0.1) is 0 Å². The van der Waals surface area contributed by atoms with Crippen molar-refractivity contribution in [1.82, 2.24) is 4.57 Å². The summed E-state index contributed by atoms with van der Waals surface area (Å²) in [6, 6.07) is 33.4. The molecule has 5 aromatic rings. The van der Waals surface area contributed by atoms with Crippen molar-refractivity contribution in [2.24, 2.45) is 0 Å². The van der Waals surface area contributed by atoms with Crippen molar-refractivity contribution < 1.29 is 4.57 Å². The molecule has 1 N–H and O–H groups in total. The highest BCUT2D eigenvalue weighted by atomic mass is 35.5. The second kappa shape index (κ2) is 10.4. The van der Waals surface area contributed by atoms with Crippen LogP contribution in [0.5, 0.6) is 0 Å². The summed E-state index contributed by atoms with van der Waals surface area (Å²) in [5.74, 6) is 3.16. The molecule has 0 atom stereocenters. The number of hydrogen-bond acceptors (Lipinski definition) is 1. The first-order valence-electron chi connectivity index (χ1n) is 11.7. The van der Waals surface area contributed by atoms with E-state index >= 15 is 0 Å². The van der Waals surface area contributed by atoms with Gasteiger partial charge in [-0.25, -0.2) is 0 Å². The van der Waals surface area contributed by atoms with Crippen molar-refractivity contribution in [2.75, 3.05) is 5.09 Å². The van der Waals surface area contributed by atoms with Gasteiger partial charge in [-0.05, 0) is 42.3 Å². The van der Waals surface area contributed by atoms with Crippen molar-refractivity contribution in [2.45, 2.75) is 13.5 Å². The van der Waals surface area contributed by atoms with Gasteiger partial charge in [0.15, 0.2) is 0 Å². The molecule has 3 nitrogen and oxygen atoms in total. The summed E-state index contributed by atoms with van der Waals surface area (Å²) in [4.78, 5) is 0. The van der Waals surface area contributed by atoms with Gasteiger partial charge in [-0.3, -0.25) is 4.57 Å². The quantitative estimate of drug-likeness (QED) is 0.212. The number of para-hydroxylation sites is 1. The van der Waals surface area contributed by atoms with E-state index in [1.807, 2.05) is 84.9 Å². The Morgan fingerprint density at radius 1 is 0.750 bits per heavy atom. The van der Waals surface area contributed by atoms with Gasteiger partial charge in [-0.2, -0.15) is 0 Å². The standard InChI is InChI=1S/C30H25Cl2N2OP/c1-2-34-29-16-10-9-15-25(29)26-19-24(17-18-30(26)34)33-36(35,20-27(31)22-11-5-3-6-12-22)21-28(32)23-13-7-4-8-14-23/h3-21H,2H2,1H3,(H,33,35)/b27-20+,28-21+. The zero-order chi connectivity index (χ0) is 25.1. The zero-order valence-electron chi connectivity index (χ0n) is 19.7. The average Bonchev–Trinajstić information content (AvgIpc) is 3.22. The predicted molar refractivity (Wildman–Crippen MR) is 157 cm³/mol. The molecule has 0 aliphatic heterocycles. The first-order valence-corrected chi connectivity index (χ1v) is 14.3. The molecule has 6 heteroatoms. The van der Waals surface area contributed by atoms with Crippen molar-refractivity contribution >= 4 is 68.1 Å². The van der Waals surface area contributed by atoms with Crippen molar-refractivity contribution in [3.63, 3.8) is 0 Å². The van der Waals surface area contributed by atoms with E-state index in [4.69, 9.17) is 23.2 Å². The molecular weight excluding hydrogens is 506 g/mol. The summed E-state index contributed by atoms with van der Waals surface area (Å²) >= 11 is 13.3. The Morgan fingerprint density at radius 2 is 1.28 bits per heavy atom. The van der Waals surface area contributed by atoms with Crippen LogP contribution in [0.1, 0.15) is 18.1 Å². The van der Waals surface area contributed by atoms with Crippen LogP contribution in [0.25, 0.3) is 31.9 Å². The van der Waals surface area contributed by atoms with E-state index in [-0.39, 0.29) is 0 Å². The third-order valence-electron chi connectivity index (χ3n) is 6.10. The van der Waals surface area contributed by atoms with Crippen LogP contribution in [-0.2, 0) is 11.1 Å². The number of benzene rings is 4. The second-order valence-electron chi connectivity index (χ2n) is 8.50. The van der Waals surface area contributed by atoms with Gasteiger partial charge in [0.1, 0.15) is 0 Å². The maximum atomic E-state index is 14.4. The second-order valence-corrected chi connectivity index (χ2v) is 11.5. The van der Waals surface area contributed by atoms with Crippen LogP contribution in [-0.4, -0.2) is 4.57 Å². The lowest BCUT2D eigenvalue weighted by molar-refractivity contribution is 0.589. The SMILES string of the molecule is CCn1c2ccccc2c2cc(NP(=O)(/C=C(/Cl)c3ccccc3)/C=C(/Cl)c3ccccc3)ccc21. The molecule has 0 radical (unpaired) electrons. The van der Waals surface area contributed by atoms with Crippen LogP contribution in [0.3, 0.4) is 0 Å². The number of fused-ring (bicyclic) bond motifs is 3. The summed E-state index contributed by atoms with van der Waals surface area (Å²) in [5, 5.41) is 6.30. The molecule has 0 fully saturated rings. The minimum atomic E-state index is -3.37. The van der Waals surface area contributed by atoms with E-state index in [1.54, 1.807) is 11.6 Å². The fourth-order valence-corrected chi connectivity index (χ4v) is 7.29. The Bertz CT molecular complexity index is 1580. The van der Waals surface area contributed by atoms with Crippen LogP contribution in [0.4, 0.5) is 5.69 Å². The number of anilines is 1. The van der Waals surface area contributed by atoms with Gasteiger partial charge in [-0.1, -0.05) is 102 Å². The molecule has 0 aliphatic rings. The molecule has 0 unspecified atom stereocenters. The minimum Gasteiger partial charge on any atom is -0.341 e. The number of halogens is 2. The van der Waals surface area contributed by atoms with Gasteiger partial charge in [0.25, 0.3) is 0 Å². The van der Waals surface area contributed by atoms with Crippen LogP contribution in [0, 0.1) is 0 Å². The molecule has 1 aromatic heterocycles. The summed E-state index contributed by atoms with van der Waals surface area (Å²) in [5.41, 5.74) is 4.61. The molecule has 0 saturated carbocycles. The maximum Gasteiger partial charge on any atom is 0.216 e. The fraction of sp³-hybridized carbons (Fsp3) is 0.0667. The number of nitrogens with one attached hydrogen (secondary N) is 1. The highest BCUT2D eigenvalue weighted by Crippen LogP contribution is 2.54. The van der Waals surface area contributed by atoms with Gasteiger partial charge in [0.2, 0.25) is 7.29 Å². The van der Waals surface area contributed by atoms with Gasteiger partial charge in [0, 0.05) is 45.7 Å². The molecule has 5 rings (SSSR count). The number of aryl methyl sites for hydroxylation is 1. The lowest BCUT2D eigenvalue weighted by Crippen LogP contribution is -1.95. The molecule has 180 valence electrons. The summed E-state index contributed by atoms with van der Waals surface area (Å²) in [6.45, 7) is 3.00. The average molecular weight is 531 g/mol. The third-order valence-corrected chi connectivity index (χ3v) is 8.95. The van der Waals surface area contributed by atoms with Gasteiger partial charge in [0.05, 0.1) is 10.1 Å². The Kier molecular flexibility index (Phi) is 7.07. The zero-order valence-corrected chi connectivity index (χ0v) is 22.1. The lowest BCUT2D eigenvalue weighted by atomic mass is 10.1. The van der Waals surface area contributed by atoms with Crippen molar-refractivity contribution in [3.05, 3.63) is 126 Å². The molecule has 1 heterocycles. The van der Waals surface area contributed by atoms with E-state index in [9.17, 15) is 4.57 Å². The van der Waals surface area contributed by atoms with E-state index in [2.05, 4.69) is 34.8 Å². The molecule has 0 saturated heterocycles. The molecule has 36 heavy (non-hydrogen) atoms. The molecule has 4 aromatic carbocycles. The van der Waals surface area contributed by atoms with E-state index in [0.29, 0.717) is 10.1 Å². The molecule has 0 amide bonds. The highest BCUT2D eigenvalue weighted by Gasteiger charge is 2.20. The first kappa shape index (κ1) is 24.5. The van der Waals surface area contributed by atoms with Crippen molar-refractivity contribution in [1.29, 1.82) is 0 Å². The van der Waals surface area contributed by atoms with E-state index in [0.717, 1.165) is 39.6 Å². The number of rotatable bonds is 7. The van der Waals surface area contributed by atoms with E-state index < -0.39 is 7.29 Å². The molecule has 0 spiro atoms. The minimum absolute atomic E-state index is 0.392. The van der Waals surface area contributed by atoms with Crippen LogP contribution in [0.15, 0.2) is 115 Å². The monoisotopic (exact) mass is 530 g/mol. The normalized spacial score (nSPS) is 12.9. The van der Waals surface area contributed by atoms with Crippen LogP contribution in [0.2, 0.25) is 0 Å². The van der Waals surface area contributed by atoms with Crippen LogP contribution < -0.4 is 5.09 Å². The number of nitrogens with zero attached hydrogens (tertiary/aromatic N) is 1. The highest BCUT2D eigenvalue weighted by molar-refractivity contribution is 7.72. The summed E-state index contributed by atoms with van der Waals surface area (Å²) < 4.78 is 16.7. The predicted octanol–water partition coefficient (Wildman–Crippen LogP) is 9.98. The fourth-order valence-electron chi connectivity index (χ4n) is 4.45. The molecule has 0 aliphatic carbocycles. The third kappa shape index (κ3) is 5.01. The lowest BCUT2D eigenvalue weighted by Gasteiger charge is -2.16. The Balaban J connectivity index is 1.61. The Labute approximate surface area is 221 Å². The van der Waals surface area contributed by atoms with Crippen LogP contribution >= 0.6 is 30.5 Å². The first-order chi connectivity index (χ1) is 17.5. The summed E-state index contributed by atoms with van der Waals surface area (Å²) in [7, 11) is -3.37. The van der Waals surface area contributed by atoms with Crippen molar-refractivity contribution in [3.8, 4) is 0 Å². The van der Waals surface area contributed by atoms with E-state index in [1.165, 1.54) is 5.52 Å².